The predicted octanol–water partition coefficient (Wildman–Crippen LogP) is 3.49. The SMILES string of the molecule is CS(=O)(=O)c1ccc(N[C@H]2CCCc3ccccc32)c([N+](=O)[O-])c1. The number of aryl methyl sites for hydroxylation is 1. The van der Waals surface area contributed by atoms with Crippen LogP contribution in [0.4, 0.5) is 11.4 Å². The van der Waals surface area contributed by atoms with Crippen LogP contribution >= 0.6 is 0 Å². The number of benzene rings is 2. The average molecular weight is 346 g/mol. The number of nitrogens with zero attached hydrogens (tertiary/aromatic N) is 1. The molecule has 2 aromatic rings. The van der Waals surface area contributed by atoms with E-state index in [1.54, 1.807) is 0 Å². The van der Waals surface area contributed by atoms with Gasteiger partial charge in [-0.15, -0.1) is 0 Å². The van der Waals surface area contributed by atoms with E-state index >= 15 is 0 Å². The molecule has 0 aromatic heterocycles. The van der Waals surface area contributed by atoms with Crippen molar-refractivity contribution in [3.05, 3.63) is 63.7 Å². The molecule has 0 amide bonds. The lowest BCUT2D eigenvalue weighted by Gasteiger charge is -2.27. The van der Waals surface area contributed by atoms with Crippen LogP contribution in [0.15, 0.2) is 47.4 Å². The minimum Gasteiger partial charge on any atom is -0.373 e. The monoisotopic (exact) mass is 346 g/mol. The summed E-state index contributed by atoms with van der Waals surface area (Å²) in [5.74, 6) is 0. The van der Waals surface area contributed by atoms with E-state index in [1.807, 2.05) is 18.2 Å². The molecule has 126 valence electrons. The number of fused-ring (bicyclic) bond motifs is 1. The van der Waals surface area contributed by atoms with Crippen LogP contribution in [0.25, 0.3) is 0 Å². The van der Waals surface area contributed by atoms with Gasteiger partial charge in [-0.1, -0.05) is 24.3 Å². The molecular weight excluding hydrogens is 328 g/mol. The molecule has 0 saturated heterocycles. The van der Waals surface area contributed by atoms with Gasteiger partial charge < -0.3 is 5.32 Å². The van der Waals surface area contributed by atoms with Crippen molar-refractivity contribution in [1.82, 2.24) is 0 Å². The minimum atomic E-state index is -3.49. The summed E-state index contributed by atoms with van der Waals surface area (Å²) in [4.78, 5) is 10.8. The second kappa shape index (κ2) is 6.24. The maximum atomic E-state index is 11.6. The van der Waals surface area contributed by atoms with Crippen molar-refractivity contribution in [2.45, 2.75) is 30.2 Å². The number of sulfone groups is 1. The number of hydrogen-bond donors (Lipinski definition) is 1. The van der Waals surface area contributed by atoms with Gasteiger partial charge in [0.2, 0.25) is 0 Å². The Labute approximate surface area is 140 Å². The van der Waals surface area contributed by atoms with Crippen molar-refractivity contribution in [2.24, 2.45) is 0 Å². The number of nitro benzene ring substituents is 1. The molecule has 1 atom stereocenters. The third-order valence-electron chi connectivity index (χ3n) is 4.29. The summed E-state index contributed by atoms with van der Waals surface area (Å²) >= 11 is 0. The molecule has 3 rings (SSSR count). The second-order valence-corrected chi connectivity index (χ2v) is 8.01. The van der Waals surface area contributed by atoms with Gasteiger partial charge in [-0.2, -0.15) is 0 Å². The van der Waals surface area contributed by atoms with Gasteiger partial charge in [0.25, 0.3) is 5.69 Å². The smallest absolute Gasteiger partial charge is 0.293 e. The quantitative estimate of drug-likeness (QED) is 0.676. The number of nitrogens with one attached hydrogen (secondary N) is 1. The zero-order valence-corrected chi connectivity index (χ0v) is 14.0. The van der Waals surface area contributed by atoms with Crippen LogP contribution in [0, 0.1) is 10.1 Å². The molecule has 0 fully saturated rings. The van der Waals surface area contributed by atoms with Crippen molar-refractivity contribution in [3.63, 3.8) is 0 Å². The van der Waals surface area contributed by atoms with E-state index in [0.29, 0.717) is 5.69 Å². The molecule has 1 aliphatic rings. The third-order valence-corrected chi connectivity index (χ3v) is 5.40. The van der Waals surface area contributed by atoms with Crippen molar-refractivity contribution < 1.29 is 13.3 Å². The molecule has 2 aromatic carbocycles. The van der Waals surface area contributed by atoms with Crippen molar-refractivity contribution in [2.75, 3.05) is 11.6 Å². The average Bonchev–Trinajstić information content (AvgIpc) is 2.54. The summed E-state index contributed by atoms with van der Waals surface area (Å²) in [5.41, 5.74) is 2.51. The molecule has 0 saturated carbocycles. The highest BCUT2D eigenvalue weighted by Gasteiger charge is 2.24. The standard InChI is InChI=1S/C17H18N2O4S/c1-24(22,23)13-9-10-16(17(11-13)19(20)21)18-15-8-4-6-12-5-2-3-7-14(12)15/h2-3,5,7,9-11,15,18H,4,6,8H2,1H3/t15-/m0/s1. The summed E-state index contributed by atoms with van der Waals surface area (Å²) in [5, 5.41) is 14.6. The van der Waals surface area contributed by atoms with Gasteiger partial charge in [0, 0.05) is 12.3 Å². The van der Waals surface area contributed by atoms with Crippen LogP contribution in [0.5, 0.6) is 0 Å². The van der Waals surface area contributed by atoms with Gasteiger partial charge in [0.05, 0.1) is 15.9 Å². The summed E-state index contributed by atoms with van der Waals surface area (Å²) in [7, 11) is -3.49. The largest absolute Gasteiger partial charge is 0.373 e. The van der Waals surface area contributed by atoms with Crippen molar-refractivity contribution in [3.8, 4) is 0 Å². The molecular formula is C17H18N2O4S. The Bertz CT molecular complexity index is 893. The van der Waals surface area contributed by atoms with E-state index < -0.39 is 14.8 Å². The lowest BCUT2D eigenvalue weighted by atomic mass is 9.87. The van der Waals surface area contributed by atoms with Crippen LogP contribution in [0.3, 0.4) is 0 Å². The topological polar surface area (TPSA) is 89.3 Å². The van der Waals surface area contributed by atoms with E-state index in [4.69, 9.17) is 0 Å². The van der Waals surface area contributed by atoms with Crippen molar-refractivity contribution in [1.29, 1.82) is 0 Å². The Morgan fingerprint density at radius 2 is 1.96 bits per heavy atom. The number of rotatable bonds is 4. The number of anilines is 1. The van der Waals surface area contributed by atoms with Crippen LogP contribution in [0.1, 0.15) is 30.0 Å². The highest BCUT2D eigenvalue weighted by molar-refractivity contribution is 7.90. The zero-order chi connectivity index (χ0) is 17.3. The van der Waals surface area contributed by atoms with Gasteiger partial charge in [0.1, 0.15) is 5.69 Å². The molecule has 0 spiro atoms. The lowest BCUT2D eigenvalue weighted by Crippen LogP contribution is -2.18. The molecule has 24 heavy (non-hydrogen) atoms. The van der Waals surface area contributed by atoms with Crippen LogP contribution in [-0.4, -0.2) is 19.6 Å². The fourth-order valence-corrected chi connectivity index (χ4v) is 3.75. The van der Waals surface area contributed by atoms with E-state index in [2.05, 4.69) is 11.4 Å². The summed E-state index contributed by atoms with van der Waals surface area (Å²) in [6.45, 7) is 0. The highest BCUT2D eigenvalue weighted by Crippen LogP contribution is 2.36. The summed E-state index contributed by atoms with van der Waals surface area (Å²) in [6.07, 6.45) is 3.92. The highest BCUT2D eigenvalue weighted by atomic mass is 32.2. The van der Waals surface area contributed by atoms with E-state index in [9.17, 15) is 18.5 Å². The van der Waals surface area contributed by atoms with E-state index in [-0.39, 0.29) is 16.6 Å². The molecule has 0 unspecified atom stereocenters. The summed E-state index contributed by atoms with van der Waals surface area (Å²) in [6, 6.07) is 12.0. The molecule has 0 aliphatic heterocycles. The van der Waals surface area contributed by atoms with Gasteiger partial charge in [-0.25, -0.2) is 8.42 Å². The zero-order valence-electron chi connectivity index (χ0n) is 13.2. The first-order chi connectivity index (χ1) is 11.4. The Morgan fingerprint density at radius 3 is 2.67 bits per heavy atom. The minimum absolute atomic E-state index is 0.0160. The van der Waals surface area contributed by atoms with Gasteiger partial charge >= 0.3 is 0 Å². The second-order valence-electron chi connectivity index (χ2n) is 6.00. The molecule has 6 nitrogen and oxygen atoms in total. The van der Waals surface area contributed by atoms with Gasteiger partial charge in [-0.3, -0.25) is 10.1 Å². The maximum absolute atomic E-state index is 11.6. The first kappa shape index (κ1) is 16.4. The first-order valence-corrected chi connectivity index (χ1v) is 9.58. The molecule has 0 bridgehead atoms. The fourth-order valence-electron chi connectivity index (χ4n) is 3.11. The van der Waals surface area contributed by atoms with Crippen LogP contribution in [0.2, 0.25) is 0 Å². The molecule has 1 N–H and O–H groups in total. The van der Waals surface area contributed by atoms with Gasteiger partial charge in [-0.05, 0) is 42.5 Å². The third kappa shape index (κ3) is 3.26. The van der Waals surface area contributed by atoms with Gasteiger partial charge in [0.15, 0.2) is 9.84 Å². The summed E-state index contributed by atoms with van der Waals surface area (Å²) < 4.78 is 23.3. The van der Waals surface area contributed by atoms with Crippen molar-refractivity contribution >= 4 is 21.2 Å². The normalized spacial score (nSPS) is 17.1. The molecule has 7 heteroatoms. The molecule has 0 heterocycles. The van der Waals surface area contributed by atoms with Crippen LogP contribution < -0.4 is 5.32 Å². The Morgan fingerprint density at radius 1 is 1.21 bits per heavy atom. The lowest BCUT2D eigenvalue weighted by molar-refractivity contribution is -0.384. The Kier molecular flexibility index (Phi) is 4.28. The first-order valence-electron chi connectivity index (χ1n) is 7.69. The maximum Gasteiger partial charge on any atom is 0.293 e. The molecule has 1 aliphatic carbocycles. The fraction of sp³-hybridized carbons (Fsp3) is 0.294. The molecule has 0 radical (unpaired) electrons. The van der Waals surface area contributed by atoms with E-state index in [1.165, 1.54) is 17.7 Å². The Balaban J connectivity index is 1.98. The number of hydrogen-bond acceptors (Lipinski definition) is 5. The predicted molar refractivity (Wildman–Crippen MR) is 91.9 cm³/mol. The van der Waals surface area contributed by atoms with Crippen LogP contribution in [-0.2, 0) is 16.3 Å². The van der Waals surface area contributed by atoms with E-state index in [0.717, 1.165) is 37.1 Å². The Hall–Kier alpha value is -2.41. The number of nitro groups is 1.